The predicted molar refractivity (Wildman–Crippen MR) is 101 cm³/mol. The zero-order valence-corrected chi connectivity index (χ0v) is 15.3. The molecule has 1 aliphatic rings. The van der Waals surface area contributed by atoms with E-state index in [-0.39, 0.29) is 29.2 Å². The van der Waals surface area contributed by atoms with Gasteiger partial charge in [0.25, 0.3) is 5.91 Å². The summed E-state index contributed by atoms with van der Waals surface area (Å²) >= 11 is 1.25. The van der Waals surface area contributed by atoms with Crippen molar-refractivity contribution in [1.29, 1.82) is 0 Å². The number of carbonyl (C=O) groups is 3. The van der Waals surface area contributed by atoms with Gasteiger partial charge in [-0.1, -0.05) is 12.1 Å². The Kier molecular flexibility index (Phi) is 8.39. The highest BCUT2D eigenvalue weighted by Gasteiger charge is 2.17. The van der Waals surface area contributed by atoms with Crippen LogP contribution in [0.15, 0.2) is 24.3 Å². The van der Waals surface area contributed by atoms with Gasteiger partial charge in [0.1, 0.15) is 0 Å². The summed E-state index contributed by atoms with van der Waals surface area (Å²) in [7, 11) is 0. The third-order valence-corrected chi connectivity index (χ3v) is 4.62. The Hall–Kier alpha value is -2.10. The third-order valence-electron chi connectivity index (χ3n) is 3.70. The molecule has 1 aromatic rings. The molecule has 1 aromatic carbocycles. The Balaban J connectivity index is 1.80. The number of nitrogens with two attached hydrogens (primary N) is 1. The molecule has 0 atom stereocenters. The van der Waals surface area contributed by atoms with Crippen molar-refractivity contribution in [1.82, 2.24) is 10.2 Å². The van der Waals surface area contributed by atoms with Crippen molar-refractivity contribution in [3.05, 3.63) is 29.8 Å². The van der Waals surface area contributed by atoms with Gasteiger partial charge in [0, 0.05) is 26.2 Å². The van der Waals surface area contributed by atoms with E-state index >= 15 is 0 Å². The summed E-state index contributed by atoms with van der Waals surface area (Å²) < 4.78 is 5.21. The molecule has 2 rings (SSSR count). The van der Waals surface area contributed by atoms with Gasteiger partial charge in [-0.15, -0.1) is 11.8 Å². The van der Waals surface area contributed by atoms with Crippen LogP contribution in [0.1, 0.15) is 10.4 Å². The van der Waals surface area contributed by atoms with Gasteiger partial charge in [0.05, 0.1) is 36.0 Å². The van der Waals surface area contributed by atoms with E-state index < -0.39 is 0 Å². The lowest BCUT2D eigenvalue weighted by atomic mass is 10.1. The lowest BCUT2D eigenvalue weighted by Gasteiger charge is -2.26. The first-order valence-electron chi connectivity index (χ1n) is 8.42. The van der Waals surface area contributed by atoms with E-state index in [1.807, 2.05) is 0 Å². The molecule has 0 unspecified atom stereocenters. The molecule has 26 heavy (non-hydrogen) atoms. The quantitative estimate of drug-likeness (QED) is 0.581. The number of amides is 3. The average Bonchev–Trinajstić information content (AvgIpc) is 2.67. The van der Waals surface area contributed by atoms with E-state index in [4.69, 9.17) is 10.5 Å². The second-order valence-electron chi connectivity index (χ2n) is 5.62. The molecule has 142 valence electrons. The van der Waals surface area contributed by atoms with Gasteiger partial charge in [-0.2, -0.15) is 0 Å². The van der Waals surface area contributed by atoms with Gasteiger partial charge >= 0.3 is 0 Å². The number of nitrogens with one attached hydrogen (secondary N) is 2. The molecule has 0 bridgehead atoms. The molecule has 0 saturated carbocycles. The van der Waals surface area contributed by atoms with E-state index in [9.17, 15) is 14.4 Å². The number of morpholine rings is 1. The van der Waals surface area contributed by atoms with Crippen molar-refractivity contribution in [3.8, 4) is 0 Å². The Morgan fingerprint density at radius 3 is 2.62 bits per heavy atom. The van der Waals surface area contributed by atoms with Crippen molar-refractivity contribution in [3.63, 3.8) is 0 Å². The van der Waals surface area contributed by atoms with E-state index in [2.05, 4.69) is 10.6 Å². The van der Waals surface area contributed by atoms with Crippen molar-refractivity contribution < 1.29 is 19.1 Å². The summed E-state index contributed by atoms with van der Waals surface area (Å²) in [5, 5.41) is 5.40. The fourth-order valence-corrected chi connectivity index (χ4v) is 3.11. The van der Waals surface area contributed by atoms with Crippen LogP contribution in [0.5, 0.6) is 0 Å². The van der Waals surface area contributed by atoms with Crippen LogP contribution < -0.4 is 16.4 Å². The van der Waals surface area contributed by atoms with Crippen LogP contribution in [0.4, 0.5) is 5.69 Å². The maximum absolute atomic E-state index is 12.1. The minimum Gasteiger partial charge on any atom is -0.378 e. The number of thioether (sulfide) groups is 1. The highest BCUT2D eigenvalue weighted by atomic mass is 32.2. The van der Waals surface area contributed by atoms with E-state index in [0.717, 1.165) is 0 Å². The van der Waals surface area contributed by atoms with E-state index in [0.29, 0.717) is 50.6 Å². The Morgan fingerprint density at radius 2 is 1.88 bits per heavy atom. The number of anilines is 1. The maximum atomic E-state index is 12.1. The van der Waals surface area contributed by atoms with E-state index in [1.165, 1.54) is 11.8 Å². The molecule has 3 amide bonds. The minimum absolute atomic E-state index is 0.00709. The summed E-state index contributed by atoms with van der Waals surface area (Å²) in [6, 6.07) is 6.77. The zero-order valence-electron chi connectivity index (χ0n) is 14.5. The number of carbonyl (C=O) groups excluding carboxylic acids is 3. The van der Waals surface area contributed by atoms with Crippen molar-refractivity contribution in [2.75, 3.05) is 56.2 Å². The smallest absolute Gasteiger partial charge is 0.253 e. The maximum Gasteiger partial charge on any atom is 0.253 e. The number of hydrogen-bond acceptors (Lipinski definition) is 6. The number of ether oxygens (including phenoxy) is 1. The van der Waals surface area contributed by atoms with Crippen LogP contribution in [0, 0.1) is 0 Å². The Bertz CT molecular complexity index is 635. The Labute approximate surface area is 156 Å². The molecule has 1 saturated heterocycles. The van der Waals surface area contributed by atoms with Crippen LogP contribution in [-0.2, 0) is 14.3 Å². The molecule has 9 heteroatoms. The number of nitrogens with zero attached hydrogens (tertiary/aromatic N) is 1. The summed E-state index contributed by atoms with van der Waals surface area (Å²) in [5.41, 5.74) is 6.20. The molecular formula is C17H24N4O4S. The van der Waals surface area contributed by atoms with Gasteiger partial charge in [0.2, 0.25) is 11.8 Å². The first kappa shape index (κ1) is 20.2. The molecule has 8 nitrogen and oxygen atoms in total. The van der Waals surface area contributed by atoms with Gasteiger partial charge in [-0.3, -0.25) is 14.4 Å². The first-order valence-corrected chi connectivity index (χ1v) is 9.57. The lowest BCUT2D eigenvalue weighted by Crippen LogP contribution is -2.41. The summed E-state index contributed by atoms with van der Waals surface area (Å²) in [4.78, 5) is 38.0. The second-order valence-corrected chi connectivity index (χ2v) is 6.61. The van der Waals surface area contributed by atoms with Crippen LogP contribution >= 0.6 is 11.8 Å². The zero-order chi connectivity index (χ0) is 18.8. The minimum atomic E-state index is -0.290. The largest absolute Gasteiger partial charge is 0.378 e. The molecule has 0 spiro atoms. The first-order chi connectivity index (χ1) is 12.6. The number of hydrogen-bond donors (Lipinski definition) is 3. The molecule has 1 fully saturated rings. The summed E-state index contributed by atoms with van der Waals surface area (Å²) in [6.45, 7) is 3.00. The van der Waals surface area contributed by atoms with Gasteiger partial charge in [-0.05, 0) is 12.1 Å². The lowest BCUT2D eigenvalue weighted by molar-refractivity contribution is -0.132. The Morgan fingerprint density at radius 1 is 1.15 bits per heavy atom. The van der Waals surface area contributed by atoms with Crippen molar-refractivity contribution in [2.45, 2.75) is 0 Å². The molecule has 0 aromatic heterocycles. The van der Waals surface area contributed by atoms with E-state index in [1.54, 1.807) is 29.2 Å². The van der Waals surface area contributed by atoms with Crippen LogP contribution in [0.2, 0.25) is 0 Å². The molecular weight excluding hydrogens is 356 g/mol. The SMILES string of the molecule is NCCNC(=O)c1ccccc1NC(=O)CSCC(=O)N1CCOCC1. The topological polar surface area (TPSA) is 114 Å². The fraction of sp³-hybridized carbons (Fsp3) is 0.471. The average molecular weight is 380 g/mol. The number of rotatable bonds is 8. The third kappa shape index (κ3) is 6.32. The fourth-order valence-electron chi connectivity index (χ4n) is 2.39. The normalized spacial score (nSPS) is 14.0. The van der Waals surface area contributed by atoms with Gasteiger partial charge in [0.15, 0.2) is 0 Å². The van der Waals surface area contributed by atoms with Gasteiger partial charge in [-0.25, -0.2) is 0 Å². The molecule has 1 aliphatic heterocycles. The number of para-hydroxylation sites is 1. The van der Waals surface area contributed by atoms with Crippen LogP contribution in [0.25, 0.3) is 0 Å². The van der Waals surface area contributed by atoms with Crippen LogP contribution in [-0.4, -0.2) is 73.5 Å². The molecule has 0 radical (unpaired) electrons. The predicted octanol–water partition coefficient (Wildman–Crippen LogP) is -0.0944. The highest BCUT2D eigenvalue weighted by Crippen LogP contribution is 2.15. The van der Waals surface area contributed by atoms with Crippen molar-refractivity contribution in [2.24, 2.45) is 5.73 Å². The highest BCUT2D eigenvalue weighted by molar-refractivity contribution is 8.00. The standard InChI is InChI=1S/C17H24N4O4S/c18-5-6-19-17(24)13-3-1-2-4-14(13)20-15(22)11-26-12-16(23)21-7-9-25-10-8-21/h1-4H,5-12,18H2,(H,19,24)(H,20,22). The van der Waals surface area contributed by atoms with Crippen molar-refractivity contribution >= 4 is 35.2 Å². The molecule has 4 N–H and O–H groups in total. The number of benzene rings is 1. The summed E-state index contributed by atoms with van der Waals surface area (Å²) in [5.74, 6) is -0.168. The van der Waals surface area contributed by atoms with Gasteiger partial charge < -0.3 is 26.0 Å². The second kappa shape index (κ2) is 10.8. The van der Waals surface area contributed by atoms with Crippen LogP contribution in [0.3, 0.4) is 0 Å². The molecule has 1 heterocycles. The molecule has 0 aliphatic carbocycles. The summed E-state index contributed by atoms with van der Waals surface area (Å²) in [6.07, 6.45) is 0. The monoisotopic (exact) mass is 380 g/mol.